The number of phenols is 1. The van der Waals surface area contributed by atoms with Crippen molar-refractivity contribution in [2.45, 2.75) is 40.2 Å². The van der Waals surface area contributed by atoms with Gasteiger partial charge in [0.25, 0.3) is 0 Å². The lowest BCUT2D eigenvalue weighted by Crippen LogP contribution is -2.22. The maximum atomic E-state index is 12.9. The molecule has 0 amide bonds. The standard InChI is InChI=1S/C22H26O6/c1-6-26-16-9-8-14(10-18(16)25-5)17-11-15(23)19-20(24)12(3)21(27-7-2)13(4)22(19)28-17/h8-10,17,24H,6-7,11H2,1-5H3. The zero-order valence-electron chi connectivity index (χ0n) is 16.9. The number of benzene rings is 2. The van der Waals surface area contributed by atoms with Crippen LogP contribution in [0.25, 0.3) is 0 Å². The molecule has 0 aromatic heterocycles. The Morgan fingerprint density at radius 3 is 2.46 bits per heavy atom. The first-order valence-corrected chi connectivity index (χ1v) is 9.42. The Morgan fingerprint density at radius 2 is 1.82 bits per heavy atom. The van der Waals surface area contributed by atoms with Crippen LogP contribution >= 0.6 is 0 Å². The SMILES string of the molecule is CCOc1ccc(C2CC(=O)c3c(O)c(C)c(OCC)c(C)c3O2)cc1OC. The van der Waals surface area contributed by atoms with Crippen LogP contribution in [-0.2, 0) is 0 Å². The van der Waals surface area contributed by atoms with Gasteiger partial charge in [0.1, 0.15) is 28.9 Å². The second-order valence-electron chi connectivity index (χ2n) is 6.64. The zero-order valence-corrected chi connectivity index (χ0v) is 16.9. The van der Waals surface area contributed by atoms with Gasteiger partial charge >= 0.3 is 0 Å². The van der Waals surface area contributed by atoms with E-state index >= 15 is 0 Å². The maximum Gasteiger partial charge on any atom is 0.174 e. The molecule has 2 aromatic carbocycles. The van der Waals surface area contributed by atoms with E-state index in [4.69, 9.17) is 18.9 Å². The minimum Gasteiger partial charge on any atom is -0.507 e. The third-order valence-electron chi connectivity index (χ3n) is 4.90. The third kappa shape index (κ3) is 3.35. The smallest absolute Gasteiger partial charge is 0.174 e. The number of hydrogen-bond acceptors (Lipinski definition) is 6. The van der Waals surface area contributed by atoms with Gasteiger partial charge in [0.05, 0.1) is 26.7 Å². The molecule has 0 aliphatic carbocycles. The fourth-order valence-corrected chi connectivity index (χ4v) is 3.54. The molecule has 0 radical (unpaired) electrons. The molecule has 1 aliphatic heterocycles. The van der Waals surface area contributed by atoms with Gasteiger partial charge < -0.3 is 24.1 Å². The Hall–Kier alpha value is -2.89. The normalized spacial score (nSPS) is 15.6. The van der Waals surface area contributed by atoms with Gasteiger partial charge in [-0.25, -0.2) is 0 Å². The topological polar surface area (TPSA) is 74.2 Å². The van der Waals surface area contributed by atoms with Crippen molar-refractivity contribution in [1.82, 2.24) is 0 Å². The second kappa shape index (κ2) is 8.00. The van der Waals surface area contributed by atoms with E-state index in [9.17, 15) is 9.90 Å². The highest BCUT2D eigenvalue weighted by atomic mass is 16.5. The van der Waals surface area contributed by atoms with Crippen molar-refractivity contribution in [3.8, 4) is 28.7 Å². The van der Waals surface area contributed by atoms with Crippen LogP contribution < -0.4 is 18.9 Å². The zero-order chi connectivity index (χ0) is 20.4. The van der Waals surface area contributed by atoms with E-state index in [0.717, 1.165) is 5.56 Å². The monoisotopic (exact) mass is 386 g/mol. The summed E-state index contributed by atoms with van der Waals surface area (Å²) in [5, 5.41) is 10.6. The number of rotatable bonds is 6. The van der Waals surface area contributed by atoms with E-state index in [0.29, 0.717) is 47.3 Å². The van der Waals surface area contributed by atoms with Gasteiger partial charge in [-0.3, -0.25) is 4.79 Å². The molecule has 0 fully saturated rings. The van der Waals surface area contributed by atoms with Crippen LogP contribution in [0.15, 0.2) is 18.2 Å². The number of ether oxygens (including phenoxy) is 4. The van der Waals surface area contributed by atoms with Crippen molar-refractivity contribution in [1.29, 1.82) is 0 Å². The fraction of sp³-hybridized carbons (Fsp3) is 0.409. The van der Waals surface area contributed by atoms with Crippen LogP contribution in [0.5, 0.6) is 28.7 Å². The molecule has 150 valence electrons. The molecule has 1 unspecified atom stereocenters. The highest BCUT2D eigenvalue weighted by Gasteiger charge is 2.34. The Kier molecular flexibility index (Phi) is 5.68. The van der Waals surface area contributed by atoms with E-state index in [1.54, 1.807) is 14.0 Å². The molecule has 3 rings (SSSR count). The lowest BCUT2D eigenvalue weighted by atomic mass is 9.91. The number of methoxy groups -OCH3 is 1. The van der Waals surface area contributed by atoms with Crippen LogP contribution in [0, 0.1) is 13.8 Å². The molecule has 0 saturated carbocycles. The summed E-state index contributed by atoms with van der Waals surface area (Å²) in [4.78, 5) is 12.9. The Bertz CT molecular complexity index is 903. The van der Waals surface area contributed by atoms with E-state index in [2.05, 4.69) is 0 Å². The average molecular weight is 386 g/mol. The summed E-state index contributed by atoms with van der Waals surface area (Å²) in [6.45, 7) is 8.33. The predicted octanol–water partition coefficient (Wildman–Crippen LogP) is 4.52. The molecule has 1 aliphatic rings. The number of phenolic OH excluding ortho intramolecular Hbond substituents is 1. The van der Waals surface area contributed by atoms with Crippen molar-refractivity contribution >= 4 is 5.78 Å². The lowest BCUT2D eigenvalue weighted by Gasteiger charge is -2.29. The molecular formula is C22H26O6. The number of Topliss-reactive ketones (excluding diaryl/α,β-unsaturated/α-hetero) is 1. The second-order valence-corrected chi connectivity index (χ2v) is 6.64. The van der Waals surface area contributed by atoms with Crippen molar-refractivity contribution in [2.75, 3.05) is 20.3 Å². The molecule has 28 heavy (non-hydrogen) atoms. The van der Waals surface area contributed by atoms with Gasteiger partial charge in [-0.15, -0.1) is 0 Å². The first-order valence-electron chi connectivity index (χ1n) is 9.42. The summed E-state index contributed by atoms with van der Waals surface area (Å²) in [5.74, 6) is 1.92. The third-order valence-corrected chi connectivity index (χ3v) is 4.90. The Morgan fingerprint density at radius 1 is 1.11 bits per heavy atom. The summed E-state index contributed by atoms with van der Waals surface area (Å²) in [7, 11) is 1.57. The van der Waals surface area contributed by atoms with Crippen LogP contribution in [-0.4, -0.2) is 31.2 Å². The van der Waals surface area contributed by atoms with Gasteiger partial charge in [-0.2, -0.15) is 0 Å². The van der Waals surface area contributed by atoms with Gasteiger partial charge in [-0.1, -0.05) is 6.07 Å². The van der Waals surface area contributed by atoms with Crippen molar-refractivity contribution in [3.05, 3.63) is 40.5 Å². The number of carbonyl (C=O) groups excluding carboxylic acids is 1. The van der Waals surface area contributed by atoms with E-state index in [-0.39, 0.29) is 23.5 Å². The van der Waals surface area contributed by atoms with Gasteiger partial charge in [0.2, 0.25) is 0 Å². The summed E-state index contributed by atoms with van der Waals surface area (Å²) in [6.07, 6.45) is -0.357. The number of carbonyl (C=O) groups is 1. The molecule has 6 nitrogen and oxygen atoms in total. The number of ketones is 1. The van der Waals surface area contributed by atoms with Gasteiger partial charge in [0.15, 0.2) is 17.3 Å². The van der Waals surface area contributed by atoms with E-state index in [1.165, 1.54) is 0 Å². The molecule has 2 aromatic rings. The first kappa shape index (κ1) is 19.9. The Labute approximate surface area is 165 Å². The maximum absolute atomic E-state index is 12.9. The van der Waals surface area contributed by atoms with Crippen LogP contribution in [0.1, 0.15) is 53.4 Å². The van der Waals surface area contributed by atoms with E-state index in [1.807, 2.05) is 39.0 Å². The van der Waals surface area contributed by atoms with Crippen molar-refractivity contribution in [2.24, 2.45) is 0 Å². The van der Waals surface area contributed by atoms with E-state index < -0.39 is 6.10 Å². The fourth-order valence-electron chi connectivity index (χ4n) is 3.54. The summed E-state index contributed by atoms with van der Waals surface area (Å²) in [6, 6.07) is 5.50. The first-order chi connectivity index (χ1) is 13.4. The highest BCUT2D eigenvalue weighted by molar-refractivity contribution is 6.03. The number of hydrogen-bond donors (Lipinski definition) is 1. The van der Waals surface area contributed by atoms with Crippen molar-refractivity contribution < 1.29 is 28.8 Å². The summed E-state index contributed by atoms with van der Waals surface area (Å²) in [5.41, 5.74) is 2.30. The van der Waals surface area contributed by atoms with Gasteiger partial charge in [-0.05, 0) is 45.4 Å². The highest BCUT2D eigenvalue weighted by Crippen LogP contribution is 2.48. The quantitative estimate of drug-likeness (QED) is 0.787. The largest absolute Gasteiger partial charge is 0.507 e. The molecule has 6 heteroatoms. The summed E-state index contributed by atoms with van der Waals surface area (Å²) >= 11 is 0. The summed E-state index contributed by atoms with van der Waals surface area (Å²) < 4.78 is 22.8. The number of aromatic hydroxyl groups is 1. The molecule has 0 saturated heterocycles. The Balaban J connectivity index is 2.04. The number of fused-ring (bicyclic) bond motifs is 1. The minimum atomic E-state index is -0.486. The molecule has 1 N–H and O–H groups in total. The predicted molar refractivity (Wildman–Crippen MR) is 105 cm³/mol. The van der Waals surface area contributed by atoms with Crippen LogP contribution in [0.2, 0.25) is 0 Å². The van der Waals surface area contributed by atoms with Crippen molar-refractivity contribution in [3.63, 3.8) is 0 Å². The average Bonchev–Trinajstić information content (AvgIpc) is 2.69. The van der Waals surface area contributed by atoms with Gasteiger partial charge in [0, 0.05) is 11.1 Å². The molecular weight excluding hydrogens is 360 g/mol. The lowest BCUT2D eigenvalue weighted by molar-refractivity contribution is 0.0841. The molecule has 0 spiro atoms. The molecule has 0 bridgehead atoms. The molecule has 1 heterocycles. The van der Waals surface area contributed by atoms with Crippen LogP contribution in [0.4, 0.5) is 0 Å². The van der Waals surface area contributed by atoms with Crippen LogP contribution in [0.3, 0.4) is 0 Å². The molecule has 1 atom stereocenters. The minimum absolute atomic E-state index is 0.0724.